The first kappa shape index (κ1) is 23.0. The standard InChI is InChI=1S/C26H26F2N4O3/c1-16-13-31(15-29-16)22-6-5-17(9-23(22)34-2)8-18-4-3-7-32-25(24(14-33)35-30-26(18)32)19-10-20(27)12-21(28)11-19/h5-6,8-13,15,24-25,33H,3-4,7,14H2,1-2H3/b18-8+/t24?,25-/m0/s1. The molecule has 2 aliphatic rings. The molecular weight excluding hydrogens is 454 g/mol. The minimum absolute atomic E-state index is 0.332. The van der Waals surface area contributed by atoms with Gasteiger partial charge in [0.2, 0.25) is 0 Å². The molecule has 3 heterocycles. The van der Waals surface area contributed by atoms with E-state index < -0.39 is 23.8 Å². The van der Waals surface area contributed by atoms with Crippen LogP contribution >= 0.6 is 0 Å². The van der Waals surface area contributed by atoms with Gasteiger partial charge >= 0.3 is 0 Å². The van der Waals surface area contributed by atoms with Gasteiger partial charge < -0.3 is 24.1 Å². The predicted molar refractivity (Wildman–Crippen MR) is 127 cm³/mol. The Morgan fingerprint density at radius 3 is 2.69 bits per heavy atom. The smallest absolute Gasteiger partial charge is 0.174 e. The van der Waals surface area contributed by atoms with Gasteiger partial charge in [-0.2, -0.15) is 0 Å². The second kappa shape index (κ2) is 9.50. The van der Waals surface area contributed by atoms with E-state index in [2.05, 4.69) is 10.1 Å². The number of rotatable bonds is 5. The van der Waals surface area contributed by atoms with E-state index in [1.54, 1.807) is 13.4 Å². The lowest BCUT2D eigenvalue weighted by Crippen LogP contribution is -2.49. The Labute approximate surface area is 201 Å². The molecule has 1 aromatic heterocycles. The molecule has 0 aliphatic carbocycles. The summed E-state index contributed by atoms with van der Waals surface area (Å²) in [6.07, 6.45) is 6.53. The van der Waals surface area contributed by atoms with Crippen molar-refractivity contribution in [2.75, 3.05) is 20.3 Å². The molecule has 2 aliphatic heterocycles. The summed E-state index contributed by atoms with van der Waals surface area (Å²) in [5.74, 6) is -0.0498. The molecule has 0 bridgehead atoms. The first-order chi connectivity index (χ1) is 17.0. The van der Waals surface area contributed by atoms with Crippen LogP contribution in [0.1, 0.15) is 35.7 Å². The first-order valence-electron chi connectivity index (χ1n) is 11.4. The maximum Gasteiger partial charge on any atom is 0.174 e. The lowest BCUT2D eigenvalue weighted by molar-refractivity contribution is -0.0497. The van der Waals surface area contributed by atoms with Gasteiger partial charge in [-0.3, -0.25) is 0 Å². The summed E-state index contributed by atoms with van der Waals surface area (Å²) in [5, 5.41) is 14.2. The summed E-state index contributed by atoms with van der Waals surface area (Å²) in [4.78, 5) is 11.9. The third kappa shape index (κ3) is 4.51. The van der Waals surface area contributed by atoms with E-state index >= 15 is 0 Å². The molecule has 2 atom stereocenters. The predicted octanol–water partition coefficient (Wildman–Crippen LogP) is 4.39. The van der Waals surface area contributed by atoms with Gasteiger partial charge in [-0.05, 0) is 66.8 Å². The monoisotopic (exact) mass is 480 g/mol. The normalized spacial score (nSPS) is 20.9. The number of ether oxygens (including phenoxy) is 1. The second-order valence-electron chi connectivity index (χ2n) is 8.71. The van der Waals surface area contributed by atoms with E-state index in [0.717, 1.165) is 41.4 Å². The van der Waals surface area contributed by atoms with Gasteiger partial charge in [0.05, 0.1) is 37.5 Å². The molecule has 1 fully saturated rings. The molecule has 0 amide bonds. The van der Waals surface area contributed by atoms with Crippen LogP contribution in [0.15, 0.2) is 59.7 Å². The van der Waals surface area contributed by atoms with Gasteiger partial charge in [-0.15, -0.1) is 0 Å². The van der Waals surface area contributed by atoms with Crippen LogP contribution < -0.4 is 4.74 Å². The summed E-state index contributed by atoms with van der Waals surface area (Å²) in [6, 6.07) is 8.72. The first-order valence-corrected chi connectivity index (χ1v) is 11.4. The summed E-state index contributed by atoms with van der Waals surface area (Å²) in [6.45, 7) is 2.22. The number of fused-ring (bicyclic) bond motifs is 1. The Bertz CT molecular complexity index is 1280. The fraction of sp³-hybridized carbons (Fsp3) is 0.308. The zero-order chi connectivity index (χ0) is 24.5. The molecule has 182 valence electrons. The number of piperidine rings is 1. The van der Waals surface area contributed by atoms with Crippen LogP contribution in [0.3, 0.4) is 0 Å². The Kier molecular flexibility index (Phi) is 6.25. The number of benzene rings is 2. The van der Waals surface area contributed by atoms with Crippen molar-refractivity contribution in [3.8, 4) is 11.4 Å². The van der Waals surface area contributed by atoms with Crippen molar-refractivity contribution in [2.45, 2.75) is 31.9 Å². The minimum Gasteiger partial charge on any atom is -0.495 e. The Balaban J connectivity index is 1.50. The minimum atomic E-state index is -0.739. The van der Waals surface area contributed by atoms with Crippen molar-refractivity contribution < 1.29 is 23.5 Å². The van der Waals surface area contributed by atoms with Crippen LogP contribution in [0.5, 0.6) is 5.75 Å². The number of imidazole rings is 1. The Morgan fingerprint density at radius 1 is 1.20 bits per heavy atom. The molecule has 3 aromatic rings. The average molecular weight is 481 g/mol. The summed E-state index contributed by atoms with van der Waals surface area (Å²) in [7, 11) is 1.62. The van der Waals surface area contributed by atoms with E-state index in [1.807, 2.05) is 46.9 Å². The second-order valence-corrected chi connectivity index (χ2v) is 8.71. The van der Waals surface area contributed by atoms with Gasteiger partial charge in [0.25, 0.3) is 0 Å². The molecule has 7 nitrogen and oxygen atoms in total. The number of hydrogen-bond acceptors (Lipinski definition) is 6. The zero-order valence-corrected chi connectivity index (χ0v) is 19.5. The van der Waals surface area contributed by atoms with Gasteiger partial charge in [0, 0.05) is 18.8 Å². The number of methoxy groups -OCH3 is 1. The van der Waals surface area contributed by atoms with Gasteiger partial charge in [-0.1, -0.05) is 11.2 Å². The maximum absolute atomic E-state index is 14.0. The molecular formula is C26H26F2N4O3. The fourth-order valence-electron chi connectivity index (χ4n) is 4.76. The third-order valence-electron chi connectivity index (χ3n) is 6.31. The lowest BCUT2D eigenvalue weighted by Gasteiger charge is -2.43. The van der Waals surface area contributed by atoms with Crippen molar-refractivity contribution in [1.82, 2.24) is 14.5 Å². The quantitative estimate of drug-likeness (QED) is 0.587. The van der Waals surface area contributed by atoms with Crippen LogP contribution in [-0.4, -0.2) is 51.8 Å². The van der Waals surface area contributed by atoms with Crippen LogP contribution in [0.2, 0.25) is 0 Å². The van der Waals surface area contributed by atoms with E-state index in [-0.39, 0.29) is 6.61 Å². The summed E-state index contributed by atoms with van der Waals surface area (Å²) < 4.78 is 35.6. The van der Waals surface area contributed by atoms with Crippen molar-refractivity contribution in [1.29, 1.82) is 0 Å². The molecule has 1 saturated heterocycles. The molecule has 35 heavy (non-hydrogen) atoms. The van der Waals surface area contributed by atoms with E-state index in [0.29, 0.717) is 23.7 Å². The summed E-state index contributed by atoms with van der Waals surface area (Å²) in [5.41, 5.74) is 4.03. The fourth-order valence-corrected chi connectivity index (χ4v) is 4.76. The van der Waals surface area contributed by atoms with Crippen molar-refractivity contribution in [2.24, 2.45) is 5.16 Å². The molecule has 2 aromatic carbocycles. The molecule has 5 rings (SSSR count). The van der Waals surface area contributed by atoms with Crippen LogP contribution in [-0.2, 0) is 4.84 Å². The number of aromatic nitrogens is 2. The molecule has 1 N–H and O–H groups in total. The molecule has 0 spiro atoms. The Morgan fingerprint density at radius 2 is 2.00 bits per heavy atom. The topological polar surface area (TPSA) is 72.1 Å². The molecule has 0 radical (unpaired) electrons. The van der Waals surface area contributed by atoms with Gasteiger partial charge in [0.15, 0.2) is 11.9 Å². The van der Waals surface area contributed by atoms with Crippen molar-refractivity contribution in [3.63, 3.8) is 0 Å². The zero-order valence-electron chi connectivity index (χ0n) is 19.5. The molecule has 1 unspecified atom stereocenters. The highest BCUT2D eigenvalue weighted by Crippen LogP contribution is 2.37. The Hall–Kier alpha value is -3.72. The van der Waals surface area contributed by atoms with Crippen molar-refractivity contribution >= 4 is 11.9 Å². The number of hydrogen-bond donors (Lipinski definition) is 1. The number of aliphatic hydroxyl groups is 1. The third-order valence-corrected chi connectivity index (χ3v) is 6.31. The maximum atomic E-state index is 14.0. The molecule has 0 saturated carbocycles. The van der Waals surface area contributed by atoms with Crippen LogP contribution in [0.25, 0.3) is 11.8 Å². The van der Waals surface area contributed by atoms with Crippen LogP contribution in [0.4, 0.5) is 8.78 Å². The summed E-state index contributed by atoms with van der Waals surface area (Å²) >= 11 is 0. The van der Waals surface area contributed by atoms with Crippen LogP contribution in [0, 0.1) is 18.6 Å². The number of aryl methyl sites for hydroxylation is 1. The number of aliphatic hydroxyl groups excluding tert-OH is 1. The van der Waals surface area contributed by atoms with E-state index in [1.165, 1.54) is 12.1 Å². The largest absolute Gasteiger partial charge is 0.495 e. The SMILES string of the molecule is COc1cc(/C=C2\CCCN3C2=NOC(CO)[C@@H]3c2cc(F)cc(F)c2)ccc1-n1cnc(C)c1. The number of nitrogens with zero attached hydrogens (tertiary/aromatic N) is 4. The van der Waals surface area contributed by atoms with E-state index in [9.17, 15) is 13.9 Å². The highest BCUT2D eigenvalue weighted by atomic mass is 19.1. The number of oxime groups is 1. The average Bonchev–Trinajstić information content (AvgIpc) is 3.28. The number of amidine groups is 1. The highest BCUT2D eigenvalue weighted by Gasteiger charge is 2.39. The highest BCUT2D eigenvalue weighted by molar-refractivity contribution is 6.03. The van der Waals surface area contributed by atoms with E-state index in [4.69, 9.17) is 9.57 Å². The molecule has 9 heteroatoms. The van der Waals surface area contributed by atoms with Crippen molar-refractivity contribution in [3.05, 3.63) is 83.0 Å². The van der Waals surface area contributed by atoms with Gasteiger partial charge in [-0.25, -0.2) is 13.8 Å². The number of halogens is 2. The van der Waals surface area contributed by atoms with Gasteiger partial charge in [0.1, 0.15) is 17.4 Å². The lowest BCUT2D eigenvalue weighted by atomic mass is 9.93.